The van der Waals surface area contributed by atoms with Crippen molar-refractivity contribution in [2.24, 2.45) is 0 Å². The fraction of sp³-hybridized carbons (Fsp3) is 0.312. The van der Waals surface area contributed by atoms with Crippen molar-refractivity contribution in [1.29, 1.82) is 0 Å². The predicted octanol–water partition coefficient (Wildman–Crippen LogP) is 1.69. The molecule has 0 aliphatic rings. The first kappa shape index (κ1) is 15.7. The molecule has 1 heterocycles. The van der Waals surface area contributed by atoms with Crippen molar-refractivity contribution in [2.75, 3.05) is 5.75 Å². The summed E-state index contributed by atoms with van der Waals surface area (Å²) in [6, 6.07) is 14.3. The number of nitrogens with zero attached hydrogens (tertiary/aromatic N) is 1. The lowest BCUT2D eigenvalue weighted by atomic mass is 10.1. The van der Waals surface area contributed by atoms with Crippen LogP contribution in [-0.4, -0.2) is 18.7 Å². The zero-order chi connectivity index (χ0) is 15.1. The first-order valence-corrected chi connectivity index (χ1v) is 8.56. The third-order valence-electron chi connectivity index (χ3n) is 3.33. The fourth-order valence-corrected chi connectivity index (χ4v) is 2.60. The quantitative estimate of drug-likeness (QED) is 0.578. The Morgan fingerprint density at radius 2 is 1.48 bits per heavy atom. The molecule has 0 saturated heterocycles. The smallest absolute Gasteiger partial charge is 0.169 e. The van der Waals surface area contributed by atoms with Crippen LogP contribution in [-0.2, 0) is 29.5 Å². The predicted molar refractivity (Wildman–Crippen MR) is 79.7 cm³/mol. The van der Waals surface area contributed by atoms with Crippen molar-refractivity contribution in [2.45, 2.75) is 25.8 Å². The normalized spacial score (nSPS) is 11.5. The molecule has 0 N–H and O–H groups in total. The van der Waals surface area contributed by atoms with E-state index < -0.39 is 10.1 Å². The van der Waals surface area contributed by atoms with Crippen LogP contribution in [0.25, 0.3) is 0 Å². The van der Waals surface area contributed by atoms with E-state index in [-0.39, 0.29) is 12.3 Å². The molecule has 0 saturated carbocycles. The third-order valence-corrected chi connectivity index (χ3v) is 4.02. The van der Waals surface area contributed by atoms with E-state index in [4.69, 9.17) is 0 Å². The third kappa shape index (κ3) is 6.06. The van der Waals surface area contributed by atoms with E-state index >= 15 is 0 Å². The van der Waals surface area contributed by atoms with Gasteiger partial charge >= 0.3 is 0 Å². The summed E-state index contributed by atoms with van der Waals surface area (Å²) in [5, 5.41) is 0. The van der Waals surface area contributed by atoms with Gasteiger partial charge in [-0.25, -0.2) is 13.0 Å². The largest absolute Gasteiger partial charge is 0.748 e. The van der Waals surface area contributed by atoms with Gasteiger partial charge in [-0.15, -0.1) is 0 Å². The number of rotatable bonds is 7. The molecule has 0 atom stereocenters. The van der Waals surface area contributed by atoms with Gasteiger partial charge in [0.15, 0.2) is 18.9 Å². The molecule has 1 aromatic carbocycles. The Bertz CT molecular complexity index is 652. The molecule has 0 aliphatic heterocycles. The molecule has 0 radical (unpaired) electrons. The molecule has 0 amide bonds. The van der Waals surface area contributed by atoms with Crippen LogP contribution in [0, 0.1) is 0 Å². The highest BCUT2D eigenvalue weighted by Gasteiger charge is 2.04. The number of pyridine rings is 1. The molecule has 0 fully saturated rings. The van der Waals surface area contributed by atoms with E-state index in [2.05, 4.69) is 12.1 Å². The lowest BCUT2D eigenvalue weighted by Crippen LogP contribution is -2.36. The molecule has 112 valence electrons. The number of hydrogen-bond acceptors (Lipinski definition) is 3. The second kappa shape index (κ2) is 7.33. The minimum Gasteiger partial charge on any atom is -0.748 e. The Morgan fingerprint density at radius 1 is 0.905 bits per heavy atom. The Morgan fingerprint density at radius 3 is 2.05 bits per heavy atom. The van der Waals surface area contributed by atoms with Gasteiger partial charge in [-0.1, -0.05) is 30.3 Å². The van der Waals surface area contributed by atoms with E-state index in [0.29, 0.717) is 0 Å². The summed E-state index contributed by atoms with van der Waals surface area (Å²) < 4.78 is 33.5. The van der Waals surface area contributed by atoms with E-state index in [0.717, 1.165) is 19.3 Å². The van der Waals surface area contributed by atoms with Crippen LogP contribution in [0.1, 0.15) is 17.5 Å². The van der Waals surface area contributed by atoms with Gasteiger partial charge in [0.25, 0.3) is 0 Å². The average Bonchev–Trinajstić information content (AvgIpc) is 2.47. The number of aromatic nitrogens is 1. The maximum atomic E-state index is 10.6. The number of benzene rings is 1. The van der Waals surface area contributed by atoms with Gasteiger partial charge in [0.05, 0.1) is 5.75 Å². The maximum absolute atomic E-state index is 10.6. The van der Waals surface area contributed by atoms with Crippen molar-refractivity contribution >= 4 is 10.1 Å². The first-order chi connectivity index (χ1) is 10.0. The van der Waals surface area contributed by atoms with E-state index in [1.165, 1.54) is 11.1 Å². The Balaban J connectivity index is 1.80. The highest BCUT2D eigenvalue weighted by molar-refractivity contribution is 7.85. The summed E-state index contributed by atoms with van der Waals surface area (Å²) in [6.07, 6.45) is 6.74. The van der Waals surface area contributed by atoms with Crippen LogP contribution in [0.3, 0.4) is 0 Å². The summed E-state index contributed by atoms with van der Waals surface area (Å²) in [7, 11) is -4.15. The minimum absolute atomic E-state index is 0.204. The van der Waals surface area contributed by atoms with Gasteiger partial charge in [0.1, 0.15) is 10.1 Å². The lowest BCUT2D eigenvalue weighted by molar-refractivity contribution is -0.692. The van der Waals surface area contributed by atoms with Gasteiger partial charge in [0.2, 0.25) is 0 Å². The van der Waals surface area contributed by atoms with E-state index in [1.807, 2.05) is 42.7 Å². The Hall–Kier alpha value is -1.72. The molecule has 0 aliphatic carbocycles. The molecule has 5 heteroatoms. The molecule has 21 heavy (non-hydrogen) atoms. The van der Waals surface area contributed by atoms with Crippen LogP contribution < -0.4 is 4.57 Å². The van der Waals surface area contributed by atoms with Gasteiger partial charge in [-0.05, 0) is 30.4 Å². The maximum Gasteiger partial charge on any atom is 0.169 e. The van der Waals surface area contributed by atoms with Crippen LogP contribution >= 0.6 is 0 Å². The second-order valence-corrected chi connectivity index (χ2v) is 6.57. The average molecular weight is 305 g/mol. The first-order valence-electron chi connectivity index (χ1n) is 6.98. The summed E-state index contributed by atoms with van der Waals surface area (Å²) >= 11 is 0. The molecule has 0 spiro atoms. The van der Waals surface area contributed by atoms with Crippen LogP contribution in [0.15, 0.2) is 54.9 Å². The molecule has 0 unspecified atom stereocenters. The SMILES string of the molecule is O=S(=O)([O-])CC[n+]1ccc(CCCc2ccccc2)cc1. The summed E-state index contributed by atoms with van der Waals surface area (Å²) in [6.45, 7) is 0.204. The van der Waals surface area contributed by atoms with Gasteiger partial charge in [0, 0.05) is 12.1 Å². The molecular formula is C16H19NO3S. The zero-order valence-corrected chi connectivity index (χ0v) is 12.6. The second-order valence-electron chi connectivity index (χ2n) is 5.05. The summed E-state index contributed by atoms with van der Waals surface area (Å²) in [5.41, 5.74) is 2.55. The molecule has 2 aromatic rings. The van der Waals surface area contributed by atoms with Crippen LogP contribution in [0.5, 0.6) is 0 Å². The Labute approximate surface area is 125 Å². The lowest BCUT2D eigenvalue weighted by Gasteiger charge is -2.04. The van der Waals surface area contributed by atoms with Gasteiger partial charge in [-0.2, -0.15) is 0 Å². The molecule has 0 bridgehead atoms. The molecule has 4 nitrogen and oxygen atoms in total. The van der Waals surface area contributed by atoms with E-state index in [1.54, 1.807) is 4.57 Å². The molecule has 1 aromatic heterocycles. The molecule has 2 rings (SSSR count). The summed E-state index contributed by atoms with van der Waals surface area (Å²) in [4.78, 5) is 0. The monoisotopic (exact) mass is 305 g/mol. The summed E-state index contributed by atoms with van der Waals surface area (Å²) in [5.74, 6) is -0.370. The zero-order valence-electron chi connectivity index (χ0n) is 11.8. The van der Waals surface area contributed by atoms with Crippen LogP contribution in [0.2, 0.25) is 0 Å². The van der Waals surface area contributed by atoms with Crippen molar-refractivity contribution in [3.63, 3.8) is 0 Å². The topological polar surface area (TPSA) is 61.1 Å². The standard InChI is InChI=1S/C16H19NO3S/c18-21(19,20)14-13-17-11-9-16(10-12-17)8-4-7-15-5-2-1-3-6-15/h1-3,5-6,9-12H,4,7-8,13-14H2. The fourth-order valence-electron chi connectivity index (χ4n) is 2.16. The minimum atomic E-state index is -4.15. The number of hydrogen-bond donors (Lipinski definition) is 0. The van der Waals surface area contributed by atoms with Crippen molar-refractivity contribution in [3.8, 4) is 0 Å². The van der Waals surface area contributed by atoms with Gasteiger partial charge < -0.3 is 4.55 Å². The van der Waals surface area contributed by atoms with Crippen molar-refractivity contribution in [3.05, 3.63) is 66.0 Å². The van der Waals surface area contributed by atoms with E-state index in [9.17, 15) is 13.0 Å². The van der Waals surface area contributed by atoms with Crippen molar-refractivity contribution < 1.29 is 17.5 Å². The highest BCUT2D eigenvalue weighted by Crippen LogP contribution is 2.07. The van der Waals surface area contributed by atoms with Crippen molar-refractivity contribution in [1.82, 2.24) is 0 Å². The highest BCUT2D eigenvalue weighted by atomic mass is 32.2. The number of aryl methyl sites for hydroxylation is 3. The van der Waals surface area contributed by atoms with Gasteiger partial charge in [-0.3, -0.25) is 0 Å². The molecular weight excluding hydrogens is 286 g/mol. The Kier molecular flexibility index (Phi) is 5.47. The van der Waals surface area contributed by atoms with Crippen LogP contribution in [0.4, 0.5) is 0 Å².